The molecule has 0 atom stereocenters. The summed E-state index contributed by atoms with van der Waals surface area (Å²) in [6.07, 6.45) is 9.93. The first kappa shape index (κ1) is 13.2. The zero-order chi connectivity index (χ0) is 13.8. The lowest BCUT2D eigenvalue weighted by Crippen LogP contribution is -2.25. The quantitative estimate of drug-likeness (QED) is 0.922. The molecule has 106 valence electrons. The fourth-order valence-corrected chi connectivity index (χ4v) is 3.00. The van der Waals surface area contributed by atoms with Crippen LogP contribution in [-0.4, -0.2) is 20.8 Å². The van der Waals surface area contributed by atoms with Crippen molar-refractivity contribution in [2.45, 2.75) is 45.1 Å². The molecule has 2 aromatic rings. The molecule has 4 heteroatoms. The Bertz CT molecular complexity index is 510. The summed E-state index contributed by atoms with van der Waals surface area (Å²) in [5.41, 5.74) is 2.25. The number of hydrogen-bond donors (Lipinski definition) is 1. The number of nitrogens with zero attached hydrogens (tertiary/aromatic N) is 3. The van der Waals surface area contributed by atoms with Gasteiger partial charge < -0.3 is 5.32 Å². The van der Waals surface area contributed by atoms with Gasteiger partial charge in [0.05, 0.1) is 5.69 Å². The summed E-state index contributed by atoms with van der Waals surface area (Å²) in [5, 5.41) is 7.79. The molecule has 0 spiro atoms. The summed E-state index contributed by atoms with van der Waals surface area (Å²) in [6, 6.07) is 9.05. The second-order valence-electron chi connectivity index (χ2n) is 5.66. The molecule has 1 aliphatic carbocycles. The van der Waals surface area contributed by atoms with Crippen LogP contribution in [0.3, 0.4) is 0 Å². The smallest absolute Gasteiger partial charge is 0.138 e. The Morgan fingerprint density at radius 3 is 2.50 bits per heavy atom. The van der Waals surface area contributed by atoms with Crippen molar-refractivity contribution >= 4 is 5.69 Å². The molecule has 1 aromatic carbocycles. The van der Waals surface area contributed by atoms with Crippen LogP contribution in [0.5, 0.6) is 0 Å². The number of anilines is 1. The van der Waals surface area contributed by atoms with Crippen LogP contribution in [0.4, 0.5) is 5.69 Å². The molecule has 0 radical (unpaired) electrons. The lowest BCUT2D eigenvalue weighted by atomic mass is 9.84. The van der Waals surface area contributed by atoms with Crippen molar-refractivity contribution < 1.29 is 0 Å². The standard InChI is InChI=1S/C16H22N4/c1-2-13-3-5-14(6-4-13)19-15-7-9-16(10-8-15)20-12-17-11-18-20/h7-14,19H,2-6H2,1H3. The second-order valence-corrected chi connectivity index (χ2v) is 5.66. The molecule has 1 heterocycles. The minimum atomic E-state index is 0.634. The normalized spacial score (nSPS) is 22.6. The fourth-order valence-electron chi connectivity index (χ4n) is 3.00. The third-order valence-corrected chi connectivity index (χ3v) is 4.35. The minimum Gasteiger partial charge on any atom is -0.382 e. The van der Waals surface area contributed by atoms with Crippen LogP contribution in [-0.2, 0) is 0 Å². The SMILES string of the molecule is CCC1CCC(Nc2ccc(-n3cncn3)cc2)CC1. The van der Waals surface area contributed by atoms with Gasteiger partial charge in [0.2, 0.25) is 0 Å². The van der Waals surface area contributed by atoms with Gasteiger partial charge in [-0.05, 0) is 55.9 Å². The van der Waals surface area contributed by atoms with Crippen LogP contribution in [0.25, 0.3) is 5.69 Å². The van der Waals surface area contributed by atoms with Gasteiger partial charge in [0.1, 0.15) is 12.7 Å². The molecule has 20 heavy (non-hydrogen) atoms. The van der Waals surface area contributed by atoms with E-state index in [0.717, 1.165) is 11.6 Å². The molecular formula is C16H22N4. The highest BCUT2D eigenvalue weighted by atomic mass is 15.3. The highest BCUT2D eigenvalue weighted by Gasteiger charge is 2.19. The van der Waals surface area contributed by atoms with E-state index in [1.807, 2.05) is 0 Å². The largest absolute Gasteiger partial charge is 0.382 e. The predicted octanol–water partition coefficient (Wildman–Crippen LogP) is 3.65. The van der Waals surface area contributed by atoms with Crippen LogP contribution in [0.15, 0.2) is 36.9 Å². The third-order valence-electron chi connectivity index (χ3n) is 4.35. The van der Waals surface area contributed by atoms with Gasteiger partial charge in [-0.25, -0.2) is 9.67 Å². The van der Waals surface area contributed by atoms with Crippen molar-refractivity contribution in [3.8, 4) is 5.69 Å². The number of aromatic nitrogens is 3. The van der Waals surface area contributed by atoms with E-state index >= 15 is 0 Å². The summed E-state index contributed by atoms with van der Waals surface area (Å²) < 4.78 is 1.77. The van der Waals surface area contributed by atoms with Crippen LogP contribution in [0, 0.1) is 5.92 Å². The van der Waals surface area contributed by atoms with Crippen LogP contribution >= 0.6 is 0 Å². The molecule has 1 N–H and O–H groups in total. The minimum absolute atomic E-state index is 0.634. The maximum atomic E-state index is 4.13. The van der Waals surface area contributed by atoms with Crippen molar-refractivity contribution in [2.75, 3.05) is 5.32 Å². The Balaban J connectivity index is 1.59. The molecule has 1 aliphatic rings. The molecule has 0 saturated heterocycles. The summed E-state index contributed by atoms with van der Waals surface area (Å²) >= 11 is 0. The van der Waals surface area contributed by atoms with Gasteiger partial charge >= 0.3 is 0 Å². The monoisotopic (exact) mass is 270 g/mol. The Kier molecular flexibility index (Phi) is 4.00. The van der Waals surface area contributed by atoms with Crippen molar-refractivity contribution in [3.05, 3.63) is 36.9 Å². The van der Waals surface area contributed by atoms with Gasteiger partial charge in [-0.2, -0.15) is 5.10 Å². The van der Waals surface area contributed by atoms with Crippen molar-refractivity contribution in [2.24, 2.45) is 5.92 Å². The zero-order valence-electron chi connectivity index (χ0n) is 12.0. The van der Waals surface area contributed by atoms with Crippen LogP contribution in [0.1, 0.15) is 39.0 Å². The van der Waals surface area contributed by atoms with E-state index in [0.29, 0.717) is 6.04 Å². The predicted molar refractivity (Wildman–Crippen MR) is 81.0 cm³/mol. The third kappa shape index (κ3) is 3.00. The molecule has 1 aromatic heterocycles. The average Bonchev–Trinajstić information content (AvgIpc) is 3.03. The lowest BCUT2D eigenvalue weighted by molar-refractivity contribution is 0.330. The highest BCUT2D eigenvalue weighted by Crippen LogP contribution is 2.28. The molecule has 0 bridgehead atoms. The fraction of sp³-hybridized carbons (Fsp3) is 0.500. The van der Waals surface area contributed by atoms with Gasteiger partial charge in [-0.15, -0.1) is 0 Å². The highest BCUT2D eigenvalue weighted by molar-refractivity contribution is 5.49. The van der Waals surface area contributed by atoms with Crippen molar-refractivity contribution in [1.82, 2.24) is 14.8 Å². The average molecular weight is 270 g/mol. The van der Waals surface area contributed by atoms with Gasteiger partial charge in [-0.1, -0.05) is 13.3 Å². The van der Waals surface area contributed by atoms with Gasteiger partial charge in [-0.3, -0.25) is 0 Å². The van der Waals surface area contributed by atoms with Gasteiger partial charge in [0.15, 0.2) is 0 Å². The first-order valence-electron chi connectivity index (χ1n) is 7.56. The van der Waals surface area contributed by atoms with Crippen LogP contribution in [0.2, 0.25) is 0 Å². The van der Waals surface area contributed by atoms with Gasteiger partial charge in [0.25, 0.3) is 0 Å². The number of rotatable bonds is 4. The molecule has 1 saturated carbocycles. The Hall–Kier alpha value is -1.84. The molecular weight excluding hydrogens is 248 g/mol. The lowest BCUT2D eigenvalue weighted by Gasteiger charge is -2.29. The summed E-state index contributed by atoms with van der Waals surface area (Å²) in [7, 11) is 0. The first-order chi connectivity index (χ1) is 9.85. The topological polar surface area (TPSA) is 42.7 Å². The molecule has 1 fully saturated rings. The van der Waals surface area contributed by atoms with E-state index in [9.17, 15) is 0 Å². The Morgan fingerprint density at radius 1 is 1.15 bits per heavy atom. The number of benzene rings is 1. The maximum Gasteiger partial charge on any atom is 0.138 e. The summed E-state index contributed by atoms with van der Waals surface area (Å²) in [5.74, 6) is 0.947. The Morgan fingerprint density at radius 2 is 1.90 bits per heavy atom. The molecule has 0 amide bonds. The van der Waals surface area contributed by atoms with Crippen molar-refractivity contribution in [1.29, 1.82) is 0 Å². The van der Waals surface area contributed by atoms with Crippen LogP contribution < -0.4 is 5.32 Å². The maximum absolute atomic E-state index is 4.13. The van der Waals surface area contributed by atoms with E-state index in [-0.39, 0.29) is 0 Å². The second kappa shape index (κ2) is 6.07. The van der Waals surface area contributed by atoms with E-state index in [4.69, 9.17) is 0 Å². The van der Waals surface area contributed by atoms with E-state index in [1.54, 1.807) is 17.3 Å². The summed E-state index contributed by atoms with van der Waals surface area (Å²) in [6.45, 7) is 2.31. The summed E-state index contributed by atoms with van der Waals surface area (Å²) in [4.78, 5) is 3.97. The van der Waals surface area contributed by atoms with E-state index in [2.05, 4.69) is 46.6 Å². The number of hydrogen-bond acceptors (Lipinski definition) is 3. The number of nitrogens with one attached hydrogen (secondary N) is 1. The van der Waals surface area contributed by atoms with E-state index in [1.165, 1.54) is 37.8 Å². The molecule has 3 rings (SSSR count). The molecule has 4 nitrogen and oxygen atoms in total. The van der Waals surface area contributed by atoms with Gasteiger partial charge in [0, 0.05) is 11.7 Å². The zero-order valence-corrected chi connectivity index (χ0v) is 12.0. The molecule has 0 aliphatic heterocycles. The van der Waals surface area contributed by atoms with Crippen molar-refractivity contribution in [3.63, 3.8) is 0 Å². The molecule has 0 unspecified atom stereocenters. The first-order valence-corrected chi connectivity index (χ1v) is 7.56. The van der Waals surface area contributed by atoms with E-state index < -0.39 is 0 Å². The Labute approximate surface area is 120 Å².